The molecule has 1 aliphatic carbocycles. The van der Waals surface area contributed by atoms with Crippen molar-refractivity contribution in [3.8, 4) is 0 Å². The Bertz CT molecular complexity index is 1430. The van der Waals surface area contributed by atoms with E-state index in [4.69, 9.17) is 4.74 Å². The number of aromatic nitrogens is 1. The highest BCUT2D eigenvalue weighted by atomic mass is 16.5. The summed E-state index contributed by atoms with van der Waals surface area (Å²) < 4.78 is 5.79. The number of β-amino-alcohol motifs (C(OH)–C–C–N with tert-alkyl or cyclic N) is 1. The van der Waals surface area contributed by atoms with Crippen LogP contribution in [0.4, 0.5) is 0 Å². The Balaban J connectivity index is 1.29. The summed E-state index contributed by atoms with van der Waals surface area (Å²) in [5, 5.41) is 18.0. The van der Waals surface area contributed by atoms with Gasteiger partial charge in [0, 0.05) is 70.1 Å². The number of ether oxygens (including phenoxy) is 1. The molecule has 0 bridgehead atoms. The van der Waals surface area contributed by atoms with E-state index in [9.17, 15) is 14.7 Å². The summed E-state index contributed by atoms with van der Waals surface area (Å²) in [5.41, 5.74) is 4.02. The quantitative estimate of drug-likeness (QED) is 0.282. The standard InChI is InChI=1S/C37H49N5O4/c1-37(2,3)40-36(45)32-25-41(23-27-13-10-16-38-22-27)17-18-42(32)24-30(43)20-29(19-26-11-6-5-7-12-26)35(44)39-34-31-15-9-8-14-28(31)21-33(34)46-4/h5-16,22,29-30,32-34,43H,17-21,23-25H2,1-4H3,(H,39,44)(H,40,45)/t29-,30+,32+,33-,34+/m1/s1. The summed E-state index contributed by atoms with van der Waals surface area (Å²) in [6, 6.07) is 21.4. The molecule has 2 amide bonds. The molecule has 1 aromatic heterocycles. The normalized spacial score (nSPS) is 21.7. The number of aliphatic hydroxyl groups is 1. The van der Waals surface area contributed by atoms with Crippen LogP contribution in [0, 0.1) is 5.92 Å². The van der Waals surface area contributed by atoms with Crippen molar-refractivity contribution in [1.82, 2.24) is 25.4 Å². The van der Waals surface area contributed by atoms with Crippen LogP contribution < -0.4 is 10.6 Å². The van der Waals surface area contributed by atoms with Gasteiger partial charge in [-0.3, -0.25) is 24.4 Å². The van der Waals surface area contributed by atoms with Crippen molar-refractivity contribution in [1.29, 1.82) is 0 Å². The molecule has 0 unspecified atom stereocenters. The maximum absolute atomic E-state index is 14.0. The van der Waals surface area contributed by atoms with Gasteiger partial charge < -0.3 is 20.5 Å². The largest absolute Gasteiger partial charge is 0.392 e. The second-order valence-corrected chi connectivity index (χ2v) is 13.8. The maximum atomic E-state index is 14.0. The van der Waals surface area contributed by atoms with Gasteiger partial charge in [0.25, 0.3) is 0 Å². The summed E-state index contributed by atoms with van der Waals surface area (Å²) in [4.78, 5) is 36.2. The van der Waals surface area contributed by atoms with Crippen molar-refractivity contribution in [2.24, 2.45) is 5.92 Å². The van der Waals surface area contributed by atoms with Crippen molar-refractivity contribution < 1.29 is 19.4 Å². The van der Waals surface area contributed by atoms with Gasteiger partial charge in [0.2, 0.25) is 11.8 Å². The van der Waals surface area contributed by atoms with Gasteiger partial charge in [-0.2, -0.15) is 0 Å². The Hall–Kier alpha value is -3.63. The minimum absolute atomic E-state index is 0.0559. The van der Waals surface area contributed by atoms with E-state index in [1.807, 2.05) is 81.6 Å². The molecule has 2 aliphatic rings. The molecule has 5 rings (SSSR count). The fraction of sp³-hybridized carbons (Fsp3) is 0.486. The van der Waals surface area contributed by atoms with Crippen LogP contribution in [0.5, 0.6) is 0 Å². The van der Waals surface area contributed by atoms with Crippen LogP contribution in [0.3, 0.4) is 0 Å². The molecule has 9 nitrogen and oxygen atoms in total. The Labute approximate surface area is 273 Å². The number of methoxy groups -OCH3 is 1. The molecule has 46 heavy (non-hydrogen) atoms. The van der Waals surface area contributed by atoms with E-state index in [1.54, 1.807) is 13.3 Å². The topological polar surface area (TPSA) is 107 Å². The molecule has 0 radical (unpaired) electrons. The zero-order valence-corrected chi connectivity index (χ0v) is 27.6. The van der Waals surface area contributed by atoms with Crippen LogP contribution in [0.2, 0.25) is 0 Å². The number of fused-ring (bicyclic) bond motifs is 1. The molecular formula is C37H49N5O4. The van der Waals surface area contributed by atoms with Crippen molar-refractivity contribution in [2.45, 2.75) is 76.4 Å². The molecule has 2 heterocycles. The average Bonchev–Trinajstić information content (AvgIpc) is 3.39. The number of aliphatic hydroxyl groups excluding tert-OH is 1. The van der Waals surface area contributed by atoms with Crippen LogP contribution >= 0.6 is 0 Å². The van der Waals surface area contributed by atoms with Gasteiger partial charge in [-0.15, -0.1) is 0 Å². The first kappa shape index (κ1) is 33.7. The molecule has 3 N–H and O–H groups in total. The highest BCUT2D eigenvalue weighted by Gasteiger charge is 2.37. The predicted molar refractivity (Wildman–Crippen MR) is 179 cm³/mol. The number of pyridine rings is 1. The van der Waals surface area contributed by atoms with Crippen molar-refractivity contribution in [3.05, 3.63) is 101 Å². The molecule has 1 saturated heterocycles. The van der Waals surface area contributed by atoms with E-state index >= 15 is 0 Å². The lowest BCUT2D eigenvalue weighted by atomic mass is 9.91. The van der Waals surface area contributed by atoms with E-state index in [0.29, 0.717) is 32.6 Å². The number of nitrogens with one attached hydrogen (secondary N) is 2. The number of hydrogen-bond donors (Lipinski definition) is 3. The third-order valence-corrected chi connectivity index (χ3v) is 8.99. The van der Waals surface area contributed by atoms with Crippen LogP contribution in [0.15, 0.2) is 79.1 Å². The minimum atomic E-state index is -0.802. The summed E-state index contributed by atoms with van der Waals surface area (Å²) in [5.74, 6) is -0.619. The number of hydrogen-bond acceptors (Lipinski definition) is 7. The number of piperazine rings is 1. The first-order chi connectivity index (χ1) is 22.1. The van der Waals surface area contributed by atoms with Crippen molar-refractivity contribution in [3.63, 3.8) is 0 Å². The van der Waals surface area contributed by atoms with Crippen LogP contribution in [0.25, 0.3) is 0 Å². The number of carbonyl (C=O) groups excluding carboxylic acids is 2. The van der Waals surface area contributed by atoms with Crippen LogP contribution in [-0.2, 0) is 33.7 Å². The third-order valence-electron chi connectivity index (χ3n) is 8.99. The number of nitrogens with zero attached hydrogens (tertiary/aromatic N) is 3. The molecule has 5 atom stereocenters. The van der Waals surface area contributed by atoms with Gasteiger partial charge in [0.15, 0.2) is 0 Å². The van der Waals surface area contributed by atoms with Gasteiger partial charge in [-0.25, -0.2) is 0 Å². The molecule has 0 saturated carbocycles. The van der Waals surface area contributed by atoms with E-state index in [2.05, 4.69) is 37.6 Å². The zero-order valence-electron chi connectivity index (χ0n) is 27.6. The molecule has 9 heteroatoms. The first-order valence-corrected chi connectivity index (χ1v) is 16.4. The summed E-state index contributed by atoms with van der Waals surface area (Å²) in [7, 11) is 1.68. The zero-order chi connectivity index (χ0) is 32.7. The summed E-state index contributed by atoms with van der Waals surface area (Å²) >= 11 is 0. The molecular weight excluding hydrogens is 578 g/mol. The molecule has 2 aromatic carbocycles. The lowest BCUT2D eigenvalue weighted by molar-refractivity contribution is -0.132. The van der Waals surface area contributed by atoms with E-state index in [-0.39, 0.29) is 35.9 Å². The van der Waals surface area contributed by atoms with E-state index < -0.39 is 18.1 Å². The van der Waals surface area contributed by atoms with Crippen molar-refractivity contribution in [2.75, 3.05) is 33.3 Å². The Kier molecular flexibility index (Phi) is 11.2. The Morgan fingerprint density at radius 1 is 1.02 bits per heavy atom. The lowest BCUT2D eigenvalue weighted by Gasteiger charge is -2.42. The first-order valence-electron chi connectivity index (χ1n) is 16.4. The molecule has 1 aliphatic heterocycles. The predicted octanol–water partition coefficient (Wildman–Crippen LogP) is 3.52. The van der Waals surface area contributed by atoms with Crippen LogP contribution in [0.1, 0.15) is 55.5 Å². The second kappa shape index (κ2) is 15.3. The SMILES string of the molecule is CO[C@@H]1Cc2ccccc2[C@@H]1NC(=O)[C@H](Cc1ccccc1)C[C@H](O)CN1CCN(Cc2cccnc2)C[C@H]1C(=O)NC(C)(C)C. The Morgan fingerprint density at radius 3 is 2.48 bits per heavy atom. The van der Waals surface area contributed by atoms with Gasteiger partial charge in [-0.1, -0.05) is 60.7 Å². The average molecular weight is 628 g/mol. The minimum Gasteiger partial charge on any atom is -0.392 e. The Morgan fingerprint density at radius 2 is 1.76 bits per heavy atom. The number of amides is 2. The monoisotopic (exact) mass is 627 g/mol. The van der Waals surface area contributed by atoms with E-state index in [0.717, 1.165) is 29.7 Å². The fourth-order valence-corrected chi connectivity index (χ4v) is 6.77. The summed E-state index contributed by atoms with van der Waals surface area (Å²) in [6.07, 6.45) is 4.19. The fourth-order valence-electron chi connectivity index (χ4n) is 6.77. The molecule has 3 aromatic rings. The molecule has 246 valence electrons. The van der Waals surface area contributed by atoms with Gasteiger partial charge in [-0.05, 0) is 61.9 Å². The lowest BCUT2D eigenvalue weighted by Crippen LogP contribution is -2.61. The smallest absolute Gasteiger partial charge is 0.239 e. The van der Waals surface area contributed by atoms with E-state index in [1.165, 1.54) is 5.56 Å². The second-order valence-electron chi connectivity index (χ2n) is 13.8. The molecule has 0 spiro atoms. The highest BCUT2D eigenvalue weighted by Crippen LogP contribution is 2.33. The van der Waals surface area contributed by atoms with Gasteiger partial charge in [0.05, 0.1) is 18.2 Å². The van der Waals surface area contributed by atoms with Gasteiger partial charge >= 0.3 is 0 Å². The molecule has 1 fully saturated rings. The van der Waals surface area contributed by atoms with Crippen LogP contribution in [-0.4, -0.2) is 88.8 Å². The summed E-state index contributed by atoms with van der Waals surface area (Å²) in [6.45, 7) is 8.86. The number of benzene rings is 2. The van der Waals surface area contributed by atoms with Crippen molar-refractivity contribution >= 4 is 11.8 Å². The number of rotatable bonds is 12. The van der Waals surface area contributed by atoms with Gasteiger partial charge in [0.1, 0.15) is 6.04 Å². The third kappa shape index (κ3) is 9.00. The maximum Gasteiger partial charge on any atom is 0.239 e. The number of carbonyl (C=O) groups is 2. The highest BCUT2D eigenvalue weighted by molar-refractivity contribution is 5.83.